The summed E-state index contributed by atoms with van der Waals surface area (Å²) in [4.78, 5) is 4.57. The summed E-state index contributed by atoms with van der Waals surface area (Å²) < 4.78 is 7.22. The Labute approximate surface area is 99.8 Å². The molecule has 2 aromatic rings. The van der Waals surface area contributed by atoms with Crippen LogP contribution in [0.4, 0.5) is 0 Å². The number of methoxy groups -OCH3 is 1. The molecule has 90 valence electrons. The summed E-state index contributed by atoms with van der Waals surface area (Å²) in [5.74, 6) is 0.725. The Morgan fingerprint density at radius 3 is 2.94 bits per heavy atom. The molecular weight excluding hydrogens is 216 g/mol. The molecule has 2 aromatic heterocycles. The molecule has 0 radical (unpaired) electrons. The monoisotopic (exact) mass is 232 g/mol. The largest absolute Gasteiger partial charge is 0.481 e. The number of nitrogens with zero attached hydrogens (tertiary/aromatic N) is 3. The van der Waals surface area contributed by atoms with Gasteiger partial charge in [-0.05, 0) is 25.5 Å². The van der Waals surface area contributed by atoms with Crippen LogP contribution in [-0.4, -0.2) is 28.4 Å². The molecule has 1 N–H and O–H groups in total. The first-order valence-corrected chi connectivity index (χ1v) is 5.82. The van der Waals surface area contributed by atoms with E-state index in [2.05, 4.69) is 15.4 Å². The van der Waals surface area contributed by atoms with E-state index in [0.29, 0.717) is 0 Å². The Hall–Kier alpha value is -1.62. The number of nitrogens with one attached hydrogen (secondary N) is 1. The minimum Gasteiger partial charge on any atom is -0.481 e. The van der Waals surface area contributed by atoms with Crippen LogP contribution in [0.25, 0.3) is 11.0 Å². The third-order valence-electron chi connectivity index (χ3n) is 3.37. The van der Waals surface area contributed by atoms with E-state index >= 15 is 0 Å². The summed E-state index contributed by atoms with van der Waals surface area (Å²) in [7, 11) is 3.60. The van der Waals surface area contributed by atoms with Crippen LogP contribution in [0.1, 0.15) is 16.8 Å². The second-order valence-electron chi connectivity index (χ2n) is 4.41. The topological polar surface area (TPSA) is 52.0 Å². The summed E-state index contributed by atoms with van der Waals surface area (Å²) in [6.07, 6.45) is 1.01. The number of hydrogen-bond donors (Lipinski definition) is 1. The first kappa shape index (κ1) is 10.5. The van der Waals surface area contributed by atoms with Gasteiger partial charge in [-0.15, -0.1) is 0 Å². The minimum absolute atomic E-state index is 0.725. The normalized spacial score (nSPS) is 15.0. The van der Waals surface area contributed by atoms with Crippen molar-refractivity contribution >= 4 is 11.0 Å². The van der Waals surface area contributed by atoms with Crippen molar-refractivity contribution in [3.05, 3.63) is 16.8 Å². The van der Waals surface area contributed by atoms with Gasteiger partial charge in [0, 0.05) is 24.5 Å². The summed E-state index contributed by atoms with van der Waals surface area (Å²) >= 11 is 0. The lowest BCUT2D eigenvalue weighted by atomic mass is 9.98. The molecule has 0 aromatic carbocycles. The zero-order valence-electron chi connectivity index (χ0n) is 10.4. The molecule has 0 aliphatic carbocycles. The summed E-state index contributed by atoms with van der Waals surface area (Å²) in [5.41, 5.74) is 4.49. The van der Waals surface area contributed by atoms with Crippen molar-refractivity contribution in [1.29, 1.82) is 0 Å². The van der Waals surface area contributed by atoms with Crippen molar-refractivity contribution in [3.8, 4) is 5.88 Å². The summed E-state index contributed by atoms with van der Waals surface area (Å²) in [6.45, 7) is 3.87. The van der Waals surface area contributed by atoms with E-state index in [9.17, 15) is 0 Å². The Bertz CT molecular complexity index is 588. The van der Waals surface area contributed by atoms with Gasteiger partial charge in [-0.3, -0.25) is 4.68 Å². The highest BCUT2D eigenvalue weighted by Crippen LogP contribution is 2.31. The zero-order valence-corrected chi connectivity index (χ0v) is 10.4. The molecule has 0 atom stereocenters. The third kappa shape index (κ3) is 1.42. The smallest absolute Gasteiger partial charge is 0.219 e. The van der Waals surface area contributed by atoms with Gasteiger partial charge < -0.3 is 10.1 Å². The van der Waals surface area contributed by atoms with Gasteiger partial charge in [0.05, 0.1) is 12.8 Å². The predicted octanol–water partition coefficient (Wildman–Crippen LogP) is 0.931. The summed E-state index contributed by atoms with van der Waals surface area (Å²) in [5, 5.41) is 9.01. The van der Waals surface area contributed by atoms with Gasteiger partial charge in [0.1, 0.15) is 0 Å². The van der Waals surface area contributed by atoms with Gasteiger partial charge in [0.15, 0.2) is 5.65 Å². The lowest BCUT2D eigenvalue weighted by molar-refractivity contribution is 0.389. The lowest BCUT2D eigenvalue weighted by Crippen LogP contribution is -2.25. The van der Waals surface area contributed by atoms with E-state index in [-0.39, 0.29) is 0 Å². The van der Waals surface area contributed by atoms with E-state index in [1.54, 1.807) is 7.11 Å². The maximum Gasteiger partial charge on any atom is 0.219 e. The second kappa shape index (κ2) is 3.70. The van der Waals surface area contributed by atoms with Crippen molar-refractivity contribution < 1.29 is 4.74 Å². The Morgan fingerprint density at radius 2 is 2.18 bits per heavy atom. The molecule has 0 spiro atoms. The number of aromatic nitrogens is 3. The molecule has 0 fully saturated rings. The van der Waals surface area contributed by atoms with Crippen LogP contribution in [0.15, 0.2) is 0 Å². The van der Waals surface area contributed by atoms with Crippen molar-refractivity contribution in [2.45, 2.75) is 19.9 Å². The molecule has 1 aliphatic rings. The SMILES string of the molecule is COc1nc2c(c(C)nn2C)c2c1CNCC2. The van der Waals surface area contributed by atoms with Gasteiger partial charge in [-0.2, -0.15) is 10.1 Å². The molecule has 0 saturated carbocycles. The first-order valence-electron chi connectivity index (χ1n) is 5.82. The van der Waals surface area contributed by atoms with E-state index in [0.717, 1.165) is 36.7 Å². The molecule has 17 heavy (non-hydrogen) atoms. The number of ether oxygens (including phenoxy) is 1. The first-order chi connectivity index (χ1) is 8.22. The molecule has 5 nitrogen and oxygen atoms in total. The molecule has 0 unspecified atom stereocenters. The van der Waals surface area contributed by atoms with Crippen LogP contribution in [0, 0.1) is 6.92 Å². The quantitative estimate of drug-likeness (QED) is 0.794. The molecule has 0 bridgehead atoms. The fraction of sp³-hybridized carbons (Fsp3) is 0.500. The zero-order chi connectivity index (χ0) is 12.0. The predicted molar refractivity (Wildman–Crippen MR) is 65.2 cm³/mol. The molecule has 0 amide bonds. The fourth-order valence-corrected chi connectivity index (χ4v) is 2.63. The number of rotatable bonds is 1. The Kier molecular flexibility index (Phi) is 2.29. The number of pyridine rings is 1. The molecule has 5 heteroatoms. The molecular formula is C12H16N4O. The standard InChI is InChI=1S/C12H16N4O/c1-7-10-8-4-5-13-6-9(8)12(17-3)14-11(10)16(2)15-7/h13H,4-6H2,1-3H3. The van der Waals surface area contributed by atoms with Crippen molar-refractivity contribution in [1.82, 2.24) is 20.1 Å². The second-order valence-corrected chi connectivity index (χ2v) is 4.41. The molecule has 1 aliphatic heterocycles. The fourth-order valence-electron chi connectivity index (χ4n) is 2.63. The van der Waals surface area contributed by atoms with Crippen LogP contribution < -0.4 is 10.1 Å². The van der Waals surface area contributed by atoms with Crippen LogP contribution in [-0.2, 0) is 20.0 Å². The van der Waals surface area contributed by atoms with Crippen LogP contribution in [0.5, 0.6) is 5.88 Å². The molecule has 3 heterocycles. The van der Waals surface area contributed by atoms with Gasteiger partial charge >= 0.3 is 0 Å². The minimum atomic E-state index is 0.725. The average molecular weight is 232 g/mol. The highest BCUT2D eigenvalue weighted by atomic mass is 16.5. The van der Waals surface area contributed by atoms with Gasteiger partial charge in [-0.1, -0.05) is 0 Å². The highest BCUT2D eigenvalue weighted by Gasteiger charge is 2.22. The Morgan fingerprint density at radius 1 is 1.35 bits per heavy atom. The number of aryl methyl sites for hydroxylation is 2. The van der Waals surface area contributed by atoms with Crippen molar-refractivity contribution in [2.75, 3.05) is 13.7 Å². The maximum atomic E-state index is 5.39. The number of hydrogen-bond acceptors (Lipinski definition) is 4. The van der Waals surface area contributed by atoms with E-state index in [1.807, 2.05) is 18.7 Å². The van der Waals surface area contributed by atoms with Crippen molar-refractivity contribution in [3.63, 3.8) is 0 Å². The van der Waals surface area contributed by atoms with Gasteiger partial charge in [0.25, 0.3) is 0 Å². The number of fused-ring (bicyclic) bond motifs is 3. The van der Waals surface area contributed by atoms with E-state index < -0.39 is 0 Å². The molecule has 3 rings (SSSR count). The van der Waals surface area contributed by atoms with Crippen LogP contribution in [0.2, 0.25) is 0 Å². The van der Waals surface area contributed by atoms with Crippen LogP contribution in [0.3, 0.4) is 0 Å². The molecule has 0 saturated heterocycles. The average Bonchev–Trinajstić information content (AvgIpc) is 2.64. The highest BCUT2D eigenvalue weighted by molar-refractivity contribution is 5.84. The van der Waals surface area contributed by atoms with Crippen molar-refractivity contribution in [2.24, 2.45) is 7.05 Å². The van der Waals surface area contributed by atoms with E-state index in [4.69, 9.17) is 4.74 Å². The van der Waals surface area contributed by atoms with Gasteiger partial charge in [0.2, 0.25) is 5.88 Å². The summed E-state index contributed by atoms with van der Waals surface area (Å²) in [6, 6.07) is 0. The lowest BCUT2D eigenvalue weighted by Gasteiger charge is -2.20. The van der Waals surface area contributed by atoms with E-state index in [1.165, 1.54) is 16.5 Å². The third-order valence-corrected chi connectivity index (χ3v) is 3.37. The van der Waals surface area contributed by atoms with Gasteiger partial charge in [-0.25, -0.2) is 0 Å². The van der Waals surface area contributed by atoms with Crippen LogP contribution >= 0.6 is 0 Å². The Balaban J connectivity index is 2.41. The maximum absolute atomic E-state index is 5.39.